The van der Waals surface area contributed by atoms with E-state index in [1.54, 1.807) is 0 Å². The molecular weight excluding hydrogens is 801 g/mol. The Morgan fingerprint density at radius 3 is 0.984 bits per heavy atom. The van der Waals surface area contributed by atoms with Crippen molar-refractivity contribution in [2.75, 3.05) is 119 Å². The van der Waals surface area contributed by atoms with Crippen LogP contribution in [0.5, 0.6) is 0 Å². The molecule has 0 aromatic heterocycles. The van der Waals surface area contributed by atoms with Crippen LogP contribution in [0.3, 0.4) is 0 Å². The third kappa shape index (κ3) is 61.3. The second-order valence-corrected chi connectivity index (χ2v) is 17.5. The summed E-state index contributed by atoms with van der Waals surface area (Å²) in [5.41, 5.74) is 50.0. The van der Waals surface area contributed by atoms with E-state index in [2.05, 4.69) is 19.2 Å². The summed E-state index contributed by atoms with van der Waals surface area (Å²) in [7, 11) is 0. The standard InChI is InChI=1S/C15H35N3O3.C11H27N3O2.C11H26N2O3.C6H16N2O/c1-5-15(9-19-6-12(2)16,10-20-7-13(3)17)11-21-8-14(4)18;1-9(12)6-15-5-4-14-11(3)8-16-7-10(2)13;1-9(12)6-14-4-5-16-11(3)8-15-7-10(2)13;1-5(7)3-9-4-6(2)8/h12-14H,5-11,16-18H2,1-4H3;9-11,14H,4-8,12-13H2,1-3H3;9-11H,4-8,12-13H2,1-3H3;5-6H,3-4,7-8H2,1-2H3. The molecule has 62 heavy (non-hydrogen) atoms. The molecule has 0 spiro atoms. The molecule has 0 fully saturated rings. The average molecular weight is 905 g/mol. The predicted octanol–water partition coefficient (Wildman–Crippen LogP) is -0.0172. The maximum Gasteiger partial charge on any atom is 0.0781 e. The van der Waals surface area contributed by atoms with Crippen LogP contribution in [0.1, 0.15) is 89.5 Å². The molecule has 11 unspecified atom stereocenters. The van der Waals surface area contributed by atoms with Crippen molar-refractivity contribution >= 4 is 0 Å². The van der Waals surface area contributed by atoms with Crippen molar-refractivity contribution < 1.29 is 42.6 Å². The Kier molecular flexibility index (Phi) is 51.2. The molecule has 19 N–H and O–H groups in total. The van der Waals surface area contributed by atoms with Gasteiger partial charge in [-0.05, 0) is 82.6 Å². The molecule has 0 aliphatic heterocycles. The summed E-state index contributed by atoms with van der Waals surface area (Å²) in [6.07, 6.45) is 0.960. The first-order valence-corrected chi connectivity index (χ1v) is 22.7. The van der Waals surface area contributed by atoms with E-state index in [1.807, 2.05) is 69.2 Å². The number of nitrogens with two attached hydrogens (primary N) is 9. The summed E-state index contributed by atoms with van der Waals surface area (Å²) in [5.74, 6) is 0. The van der Waals surface area contributed by atoms with Crippen molar-refractivity contribution in [1.29, 1.82) is 0 Å². The van der Waals surface area contributed by atoms with E-state index < -0.39 is 0 Å². The molecule has 0 heterocycles. The smallest absolute Gasteiger partial charge is 0.0781 e. The molecule has 0 saturated heterocycles. The zero-order chi connectivity index (χ0) is 48.4. The fourth-order valence-corrected chi connectivity index (χ4v) is 4.44. The van der Waals surface area contributed by atoms with Gasteiger partial charge in [0, 0.05) is 72.4 Å². The van der Waals surface area contributed by atoms with Gasteiger partial charge in [-0.15, -0.1) is 0 Å². The molecule has 19 nitrogen and oxygen atoms in total. The monoisotopic (exact) mass is 905 g/mol. The molecule has 0 aliphatic rings. The van der Waals surface area contributed by atoms with Gasteiger partial charge < -0.3 is 99.6 Å². The third-order valence-corrected chi connectivity index (χ3v) is 7.49. The van der Waals surface area contributed by atoms with Gasteiger partial charge in [-0.3, -0.25) is 0 Å². The Labute approximate surface area is 379 Å². The Hall–Kier alpha value is -0.760. The van der Waals surface area contributed by atoms with Crippen LogP contribution < -0.4 is 56.9 Å². The highest BCUT2D eigenvalue weighted by Crippen LogP contribution is 2.24. The fraction of sp³-hybridized carbons (Fsp3) is 1.00. The minimum Gasteiger partial charge on any atom is -0.379 e. The second kappa shape index (κ2) is 46.8. The highest BCUT2D eigenvalue weighted by molar-refractivity contribution is 4.78. The van der Waals surface area contributed by atoms with Crippen LogP contribution in [-0.2, 0) is 42.6 Å². The van der Waals surface area contributed by atoms with Gasteiger partial charge in [0.05, 0.1) is 118 Å². The average Bonchev–Trinajstić information content (AvgIpc) is 3.14. The SMILES string of the molecule is CC(N)COCC(C)N.CC(N)COCCNC(C)COCC(C)N.CC(N)COCCOC(C)COCC(C)N.CCC(COCC(C)N)(COCC(C)N)COCC(C)N. The van der Waals surface area contributed by atoms with E-state index in [9.17, 15) is 0 Å². The molecular formula is C43H104N10O9. The molecule has 0 aromatic rings. The first-order chi connectivity index (χ1) is 29.0. The normalized spacial score (nSPS) is 17.8. The number of nitrogens with one attached hydrogen (secondary N) is 1. The van der Waals surface area contributed by atoms with Gasteiger partial charge in [0.2, 0.25) is 0 Å². The Morgan fingerprint density at radius 2 is 0.645 bits per heavy atom. The molecule has 19 heteroatoms. The lowest BCUT2D eigenvalue weighted by molar-refractivity contribution is -0.0750. The van der Waals surface area contributed by atoms with Crippen LogP contribution in [0.4, 0.5) is 0 Å². The molecule has 11 atom stereocenters. The lowest BCUT2D eigenvalue weighted by Gasteiger charge is -2.33. The summed E-state index contributed by atoms with van der Waals surface area (Å²) in [5, 5.41) is 3.30. The van der Waals surface area contributed by atoms with Gasteiger partial charge in [-0.2, -0.15) is 0 Å². The topological polar surface area (TPSA) is 329 Å². The Balaban J connectivity index is -0.000000374. The van der Waals surface area contributed by atoms with Crippen LogP contribution in [0.2, 0.25) is 0 Å². The van der Waals surface area contributed by atoms with Crippen molar-refractivity contribution in [2.45, 2.75) is 156 Å². The highest BCUT2D eigenvalue weighted by Gasteiger charge is 2.30. The number of ether oxygens (including phenoxy) is 9. The molecule has 0 bridgehead atoms. The molecule has 0 saturated carbocycles. The van der Waals surface area contributed by atoms with Gasteiger partial charge in [0.15, 0.2) is 0 Å². The van der Waals surface area contributed by atoms with Crippen molar-refractivity contribution in [1.82, 2.24) is 5.32 Å². The minimum atomic E-state index is -0.182. The summed E-state index contributed by atoms with van der Waals surface area (Å²) in [6, 6.07) is 0.963. The molecule has 0 aliphatic carbocycles. The van der Waals surface area contributed by atoms with E-state index in [0.717, 1.165) is 13.0 Å². The van der Waals surface area contributed by atoms with Gasteiger partial charge in [-0.25, -0.2) is 0 Å². The summed E-state index contributed by atoms with van der Waals surface area (Å²) in [4.78, 5) is 0. The van der Waals surface area contributed by atoms with Crippen molar-refractivity contribution in [3.63, 3.8) is 0 Å². The molecule has 0 aromatic carbocycles. The molecule has 380 valence electrons. The van der Waals surface area contributed by atoms with E-state index >= 15 is 0 Å². The largest absolute Gasteiger partial charge is 0.379 e. The number of hydrogen-bond donors (Lipinski definition) is 10. The molecule has 0 rings (SSSR count). The number of hydrogen-bond acceptors (Lipinski definition) is 19. The summed E-state index contributed by atoms with van der Waals surface area (Å²) < 4.78 is 49.1. The maximum absolute atomic E-state index is 5.72. The van der Waals surface area contributed by atoms with Crippen molar-refractivity contribution in [3.8, 4) is 0 Å². The predicted molar refractivity (Wildman–Crippen MR) is 255 cm³/mol. The van der Waals surface area contributed by atoms with E-state index in [-0.39, 0.29) is 65.9 Å². The first kappa shape index (κ1) is 67.8. The van der Waals surface area contributed by atoms with E-state index in [1.165, 1.54) is 0 Å². The maximum atomic E-state index is 5.72. The van der Waals surface area contributed by atoms with Crippen LogP contribution in [0, 0.1) is 5.41 Å². The Morgan fingerprint density at radius 1 is 0.355 bits per heavy atom. The summed E-state index contributed by atoms with van der Waals surface area (Å²) in [6.45, 7) is 34.1. The van der Waals surface area contributed by atoms with Crippen LogP contribution in [0.15, 0.2) is 0 Å². The fourth-order valence-electron chi connectivity index (χ4n) is 4.44. The third-order valence-electron chi connectivity index (χ3n) is 7.49. The minimum absolute atomic E-state index is 0.0227. The highest BCUT2D eigenvalue weighted by atomic mass is 16.6. The van der Waals surface area contributed by atoms with E-state index in [4.69, 9.17) is 94.2 Å². The van der Waals surface area contributed by atoms with Crippen LogP contribution in [-0.4, -0.2) is 185 Å². The summed E-state index contributed by atoms with van der Waals surface area (Å²) >= 11 is 0. The van der Waals surface area contributed by atoms with Gasteiger partial charge >= 0.3 is 0 Å². The van der Waals surface area contributed by atoms with Crippen LogP contribution in [0.25, 0.3) is 0 Å². The molecule has 0 radical (unpaired) electrons. The molecule has 0 amide bonds. The quantitative estimate of drug-likeness (QED) is 0.0366. The Bertz CT molecular complexity index is 804. The van der Waals surface area contributed by atoms with Crippen LogP contribution >= 0.6 is 0 Å². The van der Waals surface area contributed by atoms with Crippen molar-refractivity contribution in [2.24, 2.45) is 57.0 Å². The number of rotatable bonds is 37. The van der Waals surface area contributed by atoms with E-state index in [0.29, 0.717) is 118 Å². The first-order valence-electron chi connectivity index (χ1n) is 22.7. The zero-order valence-electron chi connectivity index (χ0n) is 41.7. The van der Waals surface area contributed by atoms with Gasteiger partial charge in [0.1, 0.15) is 0 Å². The van der Waals surface area contributed by atoms with Gasteiger partial charge in [-0.1, -0.05) is 6.92 Å². The zero-order valence-corrected chi connectivity index (χ0v) is 41.7. The second-order valence-electron chi connectivity index (χ2n) is 17.5. The van der Waals surface area contributed by atoms with Crippen molar-refractivity contribution in [3.05, 3.63) is 0 Å². The lowest BCUT2D eigenvalue weighted by atomic mass is 9.88. The lowest BCUT2D eigenvalue weighted by Crippen LogP contribution is -2.40. The van der Waals surface area contributed by atoms with Gasteiger partial charge in [0.25, 0.3) is 0 Å².